The van der Waals surface area contributed by atoms with Crippen LogP contribution in [0.4, 0.5) is 0 Å². The monoisotopic (exact) mass is 246 g/mol. The van der Waals surface area contributed by atoms with Crippen molar-refractivity contribution in [2.45, 2.75) is 32.9 Å². The van der Waals surface area contributed by atoms with Crippen molar-refractivity contribution >= 4 is 5.91 Å². The van der Waals surface area contributed by atoms with Gasteiger partial charge < -0.3 is 10.6 Å². The number of hydrogen-bond acceptors (Lipinski definition) is 2. The van der Waals surface area contributed by atoms with E-state index < -0.39 is 0 Å². The summed E-state index contributed by atoms with van der Waals surface area (Å²) in [5.74, 6) is 1.05. The Labute approximate surface area is 109 Å². The average Bonchev–Trinajstić information content (AvgIpc) is 3.21. The first-order valence-electron chi connectivity index (χ1n) is 6.64. The van der Waals surface area contributed by atoms with Crippen LogP contribution < -0.4 is 5.73 Å². The first-order chi connectivity index (χ1) is 8.61. The molecule has 1 atom stereocenters. The molecule has 0 aromatic heterocycles. The minimum absolute atomic E-state index is 0.174. The van der Waals surface area contributed by atoms with E-state index >= 15 is 0 Å². The van der Waals surface area contributed by atoms with Crippen molar-refractivity contribution in [1.82, 2.24) is 4.90 Å². The van der Waals surface area contributed by atoms with E-state index in [4.69, 9.17) is 5.73 Å². The molecule has 1 unspecified atom stereocenters. The Balaban J connectivity index is 1.96. The second-order valence-corrected chi connectivity index (χ2v) is 5.34. The minimum Gasteiger partial charge on any atom is -0.341 e. The molecule has 18 heavy (non-hydrogen) atoms. The van der Waals surface area contributed by atoms with Gasteiger partial charge in [0, 0.05) is 26.1 Å². The summed E-state index contributed by atoms with van der Waals surface area (Å²) in [7, 11) is 1.89. The maximum absolute atomic E-state index is 12.2. The van der Waals surface area contributed by atoms with E-state index in [1.54, 1.807) is 0 Å². The van der Waals surface area contributed by atoms with Crippen LogP contribution >= 0.6 is 0 Å². The summed E-state index contributed by atoms with van der Waals surface area (Å²) in [6.07, 6.45) is 2.42. The molecule has 0 heterocycles. The van der Waals surface area contributed by atoms with Crippen LogP contribution in [0.15, 0.2) is 24.3 Å². The maximum Gasteiger partial charge on any atom is 0.225 e. The molecule has 0 bridgehead atoms. The topological polar surface area (TPSA) is 46.3 Å². The Morgan fingerprint density at radius 2 is 2.11 bits per heavy atom. The van der Waals surface area contributed by atoms with Gasteiger partial charge in [0.2, 0.25) is 5.91 Å². The van der Waals surface area contributed by atoms with Gasteiger partial charge >= 0.3 is 0 Å². The molecule has 2 N–H and O–H groups in total. The third-order valence-electron chi connectivity index (χ3n) is 3.74. The number of benzene rings is 1. The third-order valence-corrected chi connectivity index (χ3v) is 3.74. The second kappa shape index (κ2) is 5.53. The summed E-state index contributed by atoms with van der Waals surface area (Å²) in [6.45, 7) is 3.26. The van der Waals surface area contributed by atoms with E-state index in [-0.39, 0.29) is 11.8 Å². The van der Waals surface area contributed by atoms with Gasteiger partial charge in [0.15, 0.2) is 0 Å². The van der Waals surface area contributed by atoms with E-state index in [2.05, 4.69) is 6.07 Å². The van der Waals surface area contributed by atoms with Crippen molar-refractivity contribution in [2.24, 2.45) is 17.6 Å². The lowest BCUT2D eigenvalue weighted by atomic mass is 10.0. The molecule has 1 fully saturated rings. The number of carbonyl (C=O) groups excluding carboxylic acids is 1. The van der Waals surface area contributed by atoms with E-state index in [9.17, 15) is 4.79 Å². The molecule has 0 spiro atoms. The second-order valence-electron chi connectivity index (χ2n) is 5.34. The number of carbonyl (C=O) groups is 1. The minimum atomic E-state index is 0.174. The number of rotatable bonds is 5. The van der Waals surface area contributed by atoms with Crippen LogP contribution in [-0.4, -0.2) is 17.9 Å². The molecule has 3 nitrogen and oxygen atoms in total. The summed E-state index contributed by atoms with van der Waals surface area (Å²) in [4.78, 5) is 14.0. The van der Waals surface area contributed by atoms with E-state index in [1.807, 2.05) is 37.1 Å². The van der Waals surface area contributed by atoms with Gasteiger partial charge in [0.25, 0.3) is 0 Å². The van der Waals surface area contributed by atoms with Gasteiger partial charge in [0.1, 0.15) is 0 Å². The molecular formula is C15H22N2O. The molecule has 3 heteroatoms. The van der Waals surface area contributed by atoms with E-state index in [0.29, 0.717) is 19.0 Å². The number of nitrogens with two attached hydrogens (primary N) is 1. The molecule has 1 saturated carbocycles. The molecule has 0 saturated heterocycles. The van der Waals surface area contributed by atoms with Crippen LogP contribution in [0.25, 0.3) is 0 Å². The van der Waals surface area contributed by atoms with E-state index in [1.165, 1.54) is 12.8 Å². The van der Waals surface area contributed by atoms with Crippen molar-refractivity contribution < 1.29 is 4.79 Å². The van der Waals surface area contributed by atoms with Crippen LogP contribution in [0.1, 0.15) is 30.9 Å². The predicted molar refractivity (Wildman–Crippen MR) is 72.7 cm³/mol. The van der Waals surface area contributed by atoms with Crippen molar-refractivity contribution in [3.8, 4) is 0 Å². The highest BCUT2D eigenvalue weighted by atomic mass is 16.2. The highest BCUT2D eigenvalue weighted by Gasteiger charge is 2.33. The molecule has 98 valence electrons. The predicted octanol–water partition coefficient (Wildman–Crippen LogP) is 2.15. The van der Waals surface area contributed by atoms with Crippen LogP contribution in [0.3, 0.4) is 0 Å². The third kappa shape index (κ3) is 3.10. The van der Waals surface area contributed by atoms with Crippen LogP contribution in [0.2, 0.25) is 0 Å². The molecule has 1 aromatic carbocycles. The van der Waals surface area contributed by atoms with Gasteiger partial charge in [-0.05, 0) is 29.9 Å². The zero-order valence-corrected chi connectivity index (χ0v) is 11.2. The zero-order chi connectivity index (χ0) is 13.1. The molecular weight excluding hydrogens is 224 g/mol. The Kier molecular flexibility index (Phi) is 4.02. The number of amides is 1. The highest BCUT2D eigenvalue weighted by molar-refractivity contribution is 5.78. The molecule has 1 aliphatic rings. The van der Waals surface area contributed by atoms with Crippen molar-refractivity contribution in [2.75, 3.05) is 7.05 Å². The molecule has 1 aliphatic carbocycles. The molecule has 2 rings (SSSR count). The Bertz CT molecular complexity index is 426. The van der Waals surface area contributed by atoms with Gasteiger partial charge in [-0.2, -0.15) is 0 Å². The number of nitrogens with zero attached hydrogens (tertiary/aromatic N) is 1. The fraction of sp³-hybridized carbons (Fsp3) is 0.533. The molecule has 0 aliphatic heterocycles. The Morgan fingerprint density at radius 1 is 1.44 bits per heavy atom. The zero-order valence-electron chi connectivity index (χ0n) is 11.2. The summed E-state index contributed by atoms with van der Waals surface area (Å²) in [5, 5.41) is 0. The Hall–Kier alpha value is -1.35. The smallest absolute Gasteiger partial charge is 0.225 e. The summed E-state index contributed by atoms with van der Waals surface area (Å²) in [5.41, 5.74) is 7.89. The van der Waals surface area contributed by atoms with Crippen molar-refractivity contribution in [3.63, 3.8) is 0 Å². The molecule has 1 amide bonds. The first kappa shape index (κ1) is 13.1. The lowest BCUT2D eigenvalue weighted by Gasteiger charge is -2.21. The standard InChI is InChI=1S/C15H22N2O/c1-11(14-6-7-14)15(18)17(2)10-13-5-3-4-12(8-13)9-16/h3-5,8,11,14H,6-7,9-10,16H2,1-2H3. The van der Waals surface area contributed by atoms with E-state index in [0.717, 1.165) is 11.1 Å². The van der Waals surface area contributed by atoms with Crippen LogP contribution in [-0.2, 0) is 17.9 Å². The first-order valence-corrected chi connectivity index (χ1v) is 6.64. The van der Waals surface area contributed by atoms with Gasteiger partial charge in [0.05, 0.1) is 0 Å². The molecule has 0 radical (unpaired) electrons. The van der Waals surface area contributed by atoms with Gasteiger partial charge in [-0.15, -0.1) is 0 Å². The SMILES string of the molecule is CC(C(=O)N(C)Cc1cccc(CN)c1)C1CC1. The van der Waals surface area contributed by atoms with Gasteiger partial charge in [-0.1, -0.05) is 31.2 Å². The lowest BCUT2D eigenvalue weighted by Crippen LogP contribution is -2.32. The number of hydrogen-bond donors (Lipinski definition) is 1. The van der Waals surface area contributed by atoms with Gasteiger partial charge in [-0.3, -0.25) is 4.79 Å². The van der Waals surface area contributed by atoms with Crippen molar-refractivity contribution in [3.05, 3.63) is 35.4 Å². The molecule has 1 aromatic rings. The summed E-state index contributed by atoms with van der Waals surface area (Å²) in [6, 6.07) is 8.13. The summed E-state index contributed by atoms with van der Waals surface area (Å²) >= 11 is 0. The summed E-state index contributed by atoms with van der Waals surface area (Å²) < 4.78 is 0. The lowest BCUT2D eigenvalue weighted by molar-refractivity contribution is -0.134. The average molecular weight is 246 g/mol. The highest BCUT2D eigenvalue weighted by Crippen LogP contribution is 2.37. The van der Waals surface area contributed by atoms with Crippen LogP contribution in [0, 0.1) is 11.8 Å². The fourth-order valence-corrected chi connectivity index (χ4v) is 2.35. The quantitative estimate of drug-likeness (QED) is 0.865. The van der Waals surface area contributed by atoms with Gasteiger partial charge in [-0.25, -0.2) is 0 Å². The maximum atomic E-state index is 12.2. The fourth-order valence-electron chi connectivity index (χ4n) is 2.35. The normalized spacial score (nSPS) is 16.4. The Morgan fingerprint density at radius 3 is 2.72 bits per heavy atom. The van der Waals surface area contributed by atoms with Crippen molar-refractivity contribution in [1.29, 1.82) is 0 Å². The largest absolute Gasteiger partial charge is 0.341 e. The van der Waals surface area contributed by atoms with Crippen LogP contribution in [0.5, 0.6) is 0 Å².